The highest BCUT2D eigenvalue weighted by Gasteiger charge is 2.23. The molecule has 1 fully saturated rings. The SMILES string of the molecule is C=CCC(N)C(=O)NC1CCCC(SC)C1. The molecule has 3 N–H and O–H groups in total. The van der Waals surface area contributed by atoms with E-state index in [4.69, 9.17) is 5.73 Å². The topological polar surface area (TPSA) is 55.1 Å². The van der Waals surface area contributed by atoms with Gasteiger partial charge in [0.25, 0.3) is 0 Å². The standard InChI is InChI=1S/C12H22N2OS/c1-3-5-11(13)12(15)14-9-6-4-7-10(8-9)16-2/h3,9-11H,1,4-8,13H2,2H3,(H,14,15). The number of amides is 1. The maximum absolute atomic E-state index is 11.7. The first kappa shape index (κ1) is 13.6. The zero-order valence-corrected chi connectivity index (χ0v) is 10.8. The van der Waals surface area contributed by atoms with Gasteiger partial charge in [-0.3, -0.25) is 4.79 Å². The van der Waals surface area contributed by atoms with E-state index >= 15 is 0 Å². The summed E-state index contributed by atoms with van der Waals surface area (Å²) >= 11 is 1.90. The summed E-state index contributed by atoms with van der Waals surface area (Å²) in [6.07, 6.45) is 9.01. The highest BCUT2D eigenvalue weighted by molar-refractivity contribution is 7.99. The average molecular weight is 242 g/mol. The first-order valence-electron chi connectivity index (χ1n) is 5.87. The Hall–Kier alpha value is -0.480. The summed E-state index contributed by atoms with van der Waals surface area (Å²) in [7, 11) is 0. The molecular weight excluding hydrogens is 220 g/mol. The molecule has 1 aliphatic rings. The Morgan fingerprint density at radius 2 is 2.44 bits per heavy atom. The second-order valence-corrected chi connectivity index (χ2v) is 5.50. The molecule has 3 unspecified atom stereocenters. The molecule has 1 rings (SSSR count). The molecule has 1 amide bonds. The van der Waals surface area contributed by atoms with Crippen LogP contribution >= 0.6 is 11.8 Å². The summed E-state index contributed by atoms with van der Waals surface area (Å²) in [5, 5.41) is 3.73. The van der Waals surface area contributed by atoms with E-state index in [9.17, 15) is 4.79 Å². The second-order valence-electron chi connectivity index (χ2n) is 4.36. The first-order valence-corrected chi connectivity index (χ1v) is 7.15. The minimum atomic E-state index is -0.438. The van der Waals surface area contributed by atoms with Crippen LogP contribution in [0.25, 0.3) is 0 Å². The number of nitrogens with two attached hydrogens (primary N) is 1. The smallest absolute Gasteiger partial charge is 0.237 e. The van der Waals surface area contributed by atoms with Gasteiger partial charge < -0.3 is 11.1 Å². The van der Waals surface area contributed by atoms with Crippen LogP contribution in [0.1, 0.15) is 32.1 Å². The normalized spacial score (nSPS) is 27.1. The van der Waals surface area contributed by atoms with E-state index in [-0.39, 0.29) is 5.91 Å². The number of rotatable bonds is 5. The molecule has 1 aliphatic carbocycles. The molecule has 0 aromatic heterocycles. The van der Waals surface area contributed by atoms with Crippen LogP contribution < -0.4 is 11.1 Å². The van der Waals surface area contributed by atoms with Crippen LogP contribution in [0.15, 0.2) is 12.7 Å². The molecule has 16 heavy (non-hydrogen) atoms. The first-order chi connectivity index (χ1) is 7.67. The maximum atomic E-state index is 11.7. The van der Waals surface area contributed by atoms with Gasteiger partial charge in [0.15, 0.2) is 0 Å². The van der Waals surface area contributed by atoms with Gasteiger partial charge in [-0.2, -0.15) is 11.8 Å². The molecule has 1 saturated carbocycles. The van der Waals surface area contributed by atoms with Gasteiger partial charge >= 0.3 is 0 Å². The van der Waals surface area contributed by atoms with E-state index < -0.39 is 6.04 Å². The van der Waals surface area contributed by atoms with Crippen LogP contribution in [-0.4, -0.2) is 29.5 Å². The fourth-order valence-electron chi connectivity index (χ4n) is 2.08. The summed E-state index contributed by atoms with van der Waals surface area (Å²) in [4.78, 5) is 11.7. The van der Waals surface area contributed by atoms with Crippen LogP contribution in [0.3, 0.4) is 0 Å². The van der Waals surface area contributed by atoms with Crippen LogP contribution in [0.4, 0.5) is 0 Å². The Bertz CT molecular complexity index is 245. The third kappa shape index (κ3) is 4.18. The largest absolute Gasteiger partial charge is 0.352 e. The number of thioether (sulfide) groups is 1. The minimum Gasteiger partial charge on any atom is -0.352 e. The van der Waals surface area contributed by atoms with Crippen molar-refractivity contribution in [1.29, 1.82) is 0 Å². The Morgan fingerprint density at radius 1 is 1.69 bits per heavy atom. The van der Waals surface area contributed by atoms with Crippen molar-refractivity contribution < 1.29 is 4.79 Å². The van der Waals surface area contributed by atoms with E-state index in [1.165, 1.54) is 12.8 Å². The number of carbonyl (C=O) groups excluding carboxylic acids is 1. The Labute approximate surface area is 102 Å². The summed E-state index contributed by atoms with van der Waals surface area (Å²) in [6.45, 7) is 3.59. The van der Waals surface area contributed by atoms with Gasteiger partial charge in [-0.1, -0.05) is 12.5 Å². The quantitative estimate of drug-likeness (QED) is 0.721. The summed E-state index contributed by atoms with van der Waals surface area (Å²) in [5.74, 6) is -0.0355. The van der Waals surface area contributed by atoms with Crippen LogP contribution in [0.2, 0.25) is 0 Å². The lowest BCUT2D eigenvalue weighted by atomic mass is 9.94. The number of hydrogen-bond donors (Lipinski definition) is 2. The Kier molecular flexibility index (Phi) is 5.91. The highest BCUT2D eigenvalue weighted by Crippen LogP contribution is 2.26. The molecule has 92 valence electrons. The molecular formula is C12H22N2OS. The van der Waals surface area contributed by atoms with Gasteiger partial charge in [-0.25, -0.2) is 0 Å². The molecule has 0 aromatic rings. The Morgan fingerprint density at radius 3 is 3.06 bits per heavy atom. The fourth-order valence-corrected chi connectivity index (χ4v) is 2.91. The van der Waals surface area contributed by atoms with Crippen LogP contribution in [-0.2, 0) is 4.79 Å². The van der Waals surface area contributed by atoms with E-state index in [0.717, 1.165) is 12.8 Å². The fraction of sp³-hybridized carbons (Fsp3) is 0.750. The zero-order chi connectivity index (χ0) is 12.0. The monoisotopic (exact) mass is 242 g/mol. The van der Waals surface area contributed by atoms with Crippen molar-refractivity contribution in [2.75, 3.05) is 6.26 Å². The number of hydrogen-bond acceptors (Lipinski definition) is 3. The van der Waals surface area contributed by atoms with Crippen molar-refractivity contribution in [3.05, 3.63) is 12.7 Å². The van der Waals surface area contributed by atoms with Gasteiger partial charge in [0.2, 0.25) is 5.91 Å². The van der Waals surface area contributed by atoms with Crippen molar-refractivity contribution in [2.45, 2.75) is 49.4 Å². The van der Waals surface area contributed by atoms with Gasteiger partial charge in [-0.15, -0.1) is 6.58 Å². The van der Waals surface area contributed by atoms with E-state index in [1.54, 1.807) is 6.08 Å². The van der Waals surface area contributed by atoms with Gasteiger partial charge in [-0.05, 0) is 31.9 Å². The molecule has 0 bridgehead atoms. The molecule has 4 heteroatoms. The van der Waals surface area contributed by atoms with Gasteiger partial charge in [0, 0.05) is 11.3 Å². The third-order valence-corrected chi connectivity index (χ3v) is 4.16. The van der Waals surface area contributed by atoms with E-state index in [2.05, 4.69) is 18.2 Å². The van der Waals surface area contributed by atoms with E-state index in [0.29, 0.717) is 17.7 Å². The van der Waals surface area contributed by atoms with Gasteiger partial charge in [0.05, 0.1) is 6.04 Å². The molecule has 0 aliphatic heterocycles. The maximum Gasteiger partial charge on any atom is 0.237 e. The summed E-state index contributed by atoms with van der Waals surface area (Å²) in [5.41, 5.74) is 5.72. The van der Waals surface area contributed by atoms with Crippen molar-refractivity contribution in [3.8, 4) is 0 Å². The van der Waals surface area contributed by atoms with Crippen molar-refractivity contribution >= 4 is 17.7 Å². The predicted octanol–water partition coefficient (Wildman–Crippen LogP) is 1.68. The lowest BCUT2D eigenvalue weighted by molar-refractivity contribution is -0.123. The van der Waals surface area contributed by atoms with Gasteiger partial charge in [0.1, 0.15) is 0 Å². The summed E-state index contributed by atoms with van der Waals surface area (Å²) < 4.78 is 0. The molecule has 3 nitrogen and oxygen atoms in total. The molecule has 0 saturated heterocycles. The van der Waals surface area contributed by atoms with E-state index in [1.807, 2.05) is 11.8 Å². The lowest BCUT2D eigenvalue weighted by Crippen LogP contribution is -2.47. The third-order valence-electron chi connectivity index (χ3n) is 3.06. The molecule has 3 atom stereocenters. The van der Waals surface area contributed by atoms with Crippen molar-refractivity contribution in [3.63, 3.8) is 0 Å². The predicted molar refractivity (Wildman–Crippen MR) is 70.5 cm³/mol. The van der Waals surface area contributed by atoms with Crippen LogP contribution in [0.5, 0.6) is 0 Å². The van der Waals surface area contributed by atoms with Crippen LogP contribution in [0, 0.1) is 0 Å². The van der Waals surface area contributed by atoms with Crippen molar-refractivity contribution in [1.82, 2.24) is 5.32 Å². The lowest BCUT2D eigenvalue weighted by Gasteiger charge is -2.29. The molecule has 0 spiro atoms. The average Bonchev–Trinajstić information content (AvgIpc) is 2.29. The second kappa shape index (κ2) is 6.97. The molecule has 0 aromatic carbocycles. The number of carbonyl (C=O) groups is 1. The zero-order valence-electron chi connectivity index (χ0n) is 9.95. The minimum absolute atomic E-state index is 0.0355. The summed E-state index contributed by atoms with van der Waals surface area (Å²) in [6, 6.07) is -0.123. The highest BCUT2D eigenvalue weighted by atomic mass is 32.2. The number of nitrogens with one attached hydrogen (secondary N) is 1. The molecule has 0 heterocycles. The van der Waals surface area contributed by atoms with Crippen molar-refractivity contribution in [2.24, 2.45) is 5.73 Å². The molecule has 0 radical (unpaired) electrons. The Balaban J connectivity index is 2.35.